The van der Waals surface area contributed by atoms with Crippen LogP contribution in [0.5, 0.6) is 0 Å². The molecule has 0 aliphatic carbocycles. The van der Waals surface area contributed by atoms with Crippen LogP contribution in [0.25, 0.3) is 0 Å². The number of carboxylic acid groups (broad SMARTS) is 1. The van der Waals surface area contributed by atoms with E-state index in [1.807, 2.05) is 32.2 Å². The topological polar surface area (TPSA) is 78.8 Å². The number of hydrogen-bond donors (Lipinski definition) is 2. The first-order valence-electron chi connectivity index (χ1n) is 10.2. The van der Waals surface area contributed by atoms with Crippen LogP contribution in [-0.2, 0) is 11.2 Å². The van der Waals surface area contributed by atoms with Gasteiger partial charge in [-0.3, -0.25) is 14.6 Å². The van der Waals surface area contributed by atoms with Gasteiger partial charge in [0.25, 0.3) is 5.91 Å². The minimum atomic E-state index is -0.933. The van der Waals surface area contributed by atoms with E-state index in [2.05, 4.69) is 48.4 Å². The molecule has 2 aromatic carbocycles. The van der Waals surface area contributed by atoms with E-state index < -0.39 is 5.97 Å². The maximum atomic E-state index is 12.2. The van der Waals surface area contributed by atoms with Crippen molar-refractivity contribution in [1.82, 2.24) is 5.32 Å². The second-order valence-electron chi connectivity index (χ2n) is 7.24. The van der Waals surface area contributed by atoms with Crippen LogP contribution in [0, 0.1) is 13.8 Å². The third kappa shape index (κ3) is 6.14. The summed E-state index contributed by atoms with van der Waals surface area (Å²) in [6, 6.07) is 13.8. The molecule has 5 heteroatoms. The fraction of sp³-hybridized carbons (Fsp3) is 0.320. The number of rotatable bonds is 9. The van der Waals surface area contributed by atoms with Gasteiger partial charge in [0.05, 0.1) is 6.42 Å². The number of carbonyl (C=O) groups excluding carboxylic acids is 1. The Hall–Kier alpha value is -3.21. The first kappa shape index (κ1) is 23.1. The summed E-state index contributed by atoms with van der Waals surface area (Å²) in [6.45, 7) is 8.30. The molecule has 0 aromatic heterocycles. The summed E-state index contributed by atoms with van der Waals surface area (Å²) in [5, 5.41) is 11.3. The van der Waals surface area contributed by atoms with Gasteiger partial charge in [0.15, 0.2) is 0 Å². The summed E-state index contributed by atoms with van der Waals surface area (Å²) in [7, 11) is 0. The van der Waals surface area contributed by atoms with Gasteiger partial charge < -0.3 is 10.4 Å². The lowest BCUT2D eigenvalue weighted by Gasteiger charge is -2.21. The number of carbonyl (C=O) groups is 2. The summed E-state index contributed by atoms with van der Waals surface area (Å²) in [5.74, 6) is -1.09. The molecule has 0 heterocycles. The second kappa shape index (κ2) is 11.1. The number of nitrogens with one attached hydrogen (secondary N) is 1. The molecule has 0 fully saturated rings. The lowest BCUT2D eigenvalue weighted by atomic mass is 9.85. The van der Waals surface area contributed by atoms with Crippen LogP contribution in [0.1, 0.15) is 58.8 Å². The third-order valence-electron chi connectivity index (χ3n) is 5.23. The summed E-state index contributed by atoms with van der Waals surface area (Å²) in [4.78, 5) is 27.4. The Morgan fingerprint density at radius 1 is 1.10 bits per heavy atom. The minimum Gasteiger partial charge on any atom is -0.481 e. The monoisotopic (exact) mass is 406 g/mol. The van der Waals surface area contributed by atoms with Gasteiger partial charge >= 0.3 is 5.97 Å². The van der Waals surface area contributed by atoms with Gasteiger partial charge in [-0.15, -0.1) is 0 Å². The standard InChI is InChI=1S/C25H30N2O3/c1-5-23(26-6-2)22(21-9-7-8-17(3)18(21)4)16-19-10-12-20(13-11-19)25(30)27-15-14-24(28)29/h5-13,22H,14-16H2,1-4H3,(H,27,30)(H,28,29)/b23-5-,26-6?. The van der Waals surface area contributed by atoms with Crippen molar-refractivity contribution in [3.63, 3.8) is 0 Å². The maximum Gasteiger partial charge on any atom is 0.305 e. The predicted octanol–water partition coefficient (Wildman–Crippen LogP) is 4.83. The van der Waals surface area contributed by atoms with Crippen molar-refractivity contribution >= 4 is 18.1 Å². The Morgan fingerprint density at radius 3 is 2.40 bits per heavy atom. The molecule has 0 radical (unpaired) electrons. The van der Waals surface area contributed by atoms with E-state index in [4.69, 9.17) is 5.11 Å². The number of carboxylic acids is 1. The van der Waals surface area contributed by atoms with Gasteiger partial charge in [-0.05, 0) is 68.5 Å². The van der Waals surface area contributed by atoms with Crippen LogP contribution in [0.4, 0.5) is 0 Å². The molecule has 0 saturated heterocycles. The Labute approximate surface area is 178 Å². The van der Waals surface area contributed by atoms with E-state index in [0.29, 0.717) is 5.56 Å². The molecule has 0 aliphatic rings. The average molecular weight is 407 g/mol. The number of allylic oxidation sites excluding steroid dienone is 2. The smallest absolute Gasteiger partial charge is 0.305 e. The van der Waals surface area contributed by atoms with Crippen LogP contribution in [0.3, 0.4) is 0 Å². The molecule has 158 valence electrons. The van der Waals surface area contributed by atoms with Gasteiger partial charge in [0.2, 0.25) is 0 Å². The zero-order chi connectivity index (χ0) is 22.1. The molecule has 5 nitrogen and oxygen atoms in total. The van der Waals surface area contributed by atoms with Gasteiger partial charge in [0.1, 0.15) is 0 Å². The minimum absolute atomic E-state index is 0.0918. The van der Waals surface area contributed by atoms with Crippen LogP contribution in [0.2, 0.25) is 0 Å². The van der Waals surface area contributed by atoms with Crippen LogP contribution < -0.4 is 5.32 Å². The van der Waals surface area contributed by atoms with Gasteiger partial charge in [-0.1, -0.05) is 36.4 Å². The number of aryl methyl sites for hydroxylation is 1. The van der Waals surface area contributed by atoms with Gasteiger partial charge in [-0.25, -0.2) is 0 Å². The lowest BCUT2D eigenvalue weighted by molar-refractivity contribution is -0.136. The highest BCUT2D eigenvalue weighted by Crippen LogP contribution is 2.32. The van der Waals surface area contributed by atoms with Crippen LogP contribution in [0.15, 0.2) is 59.2 Å². The predicted molar refractivity (Wildman–Crippen MR) is 121 cm³/mol. The lowest BCUT2D eigenvalue weighted by Crippen LogP contribution is -2.25. The van der Waals surface area contributed by atoms with Crippen molar-refractivity contribution in [3.05, 3.63) is 82.1 Å². The fourth-order valence-corrected chi connectivity index (χ4v) is 3.45. The Balaban J connectivity index is 2.25. The number of benzene rings is 2. The number of hydrogen-bond acceptors (Lipinski definition) is 3. The van der Waals surface area contributed by atoms with E-state index in [1.54, 1.807) is 12.1 Å². The Morgan fingerprint density at radius 2 is 1.80 bits per heavy atom. The van der Waals surface area contributed by atoms with Crippen molar-refractivity contribution in [1.29, 1.82) is 0 Å². The molecule has 0 spiro atoms. The first-order chi connectivity index (χ1) is 14.4. The molecule has 2 N–H and O–H groups in total. The van der Waals surface area contributed by atoms with Gasteiger partial charge in [-0.2, -0.15) is 0 Å². The zero-order valence-corrected chi connectivity index (χ0v) is 18.1. The zero-order valence-electron chi connectivity index (χ0n) is 18.1. The van der Waals surface area contributed by atoms with Crippen LogP contribution >= 0.6 is 0 Å². The van der Waals surface area contributed by atoms with E-state index in [1.165, 1.54) is 16.7 Å². The van der Waals surface area contributed by atoms with E-state index in [0.717, 1.165) is 17.7 Å². The molecule has 2 rings (SSSR count). The molecule has 30 heavy (non-hydrogen) atoms. The van der Waals surface area contributed by atoms with Crippen molar-refractivity contribution in [2.75, 3.05) is 6.54 Å². The van der Waals surface area contributed by atoms with E-state index >= 15 is 0 Å². The number of aliphatic carboxylic acids is 1. The molecule has 1 atom stereocenters. The molecule has 0 bridgehead atoms. The molecule has 2 aromatic rings. The largest absolute Gasteiger partial charge is 0.481 e. The molecule has 0 aliphatic heterocycles. The molecular weight excluding hydrogens is 376 g/mol. The van der Waals surface area contributed by atoms with Crippen molar-refractivity contribution in [2.45, 2.75) is 46.5 Å². The number of aliphatic imine (C=N–C) groups is 1. The first-order valence-corrected chi connectivity index (χ1v) is 10.2. The third-order valence-corrected chi connectivity index (χ3v) is 5.23. The van der Waals surface area contributed by atoms with Crippen molar-refractivity contribution in [3.8, 4) is 0 Å². The average Bonchev–Trinajstić information content (AvgIpc) is 2.73. The summed E-state index contributed by atoms with van der Waals surface area (Å²) >= 11 is 0. The summed E-state index contributed by atoms with van der Waals surface area (Å²) in [5.41, 5.74) is 6.41. The molecule has 1 amide bonds. The normalized spacial score (nSPS) is 12.7. The fourth-order valence-electron chi connectivity index (χ4n) is 3.45. The maximum absolute atomic E-state index is 12.2. The van der Waals surface area contributed by atoms with Gasteiger partial charge in [0, 0.05) is 29.9 Å². The highest BCUT2D eigenvalue weighted by molar-refractivity contribution is 5.94. The summed E-state index contributed by atoms with van der Waals surface area (Å²) < 4.78 is 0. The highest BCUT2D eigenvalue weighted by atomic mass is 16.4. The highest BCUT2D eigenvalue weighted by Gasteiger charge is 2.19. The second-order valence-corrected chi connectivity index (χ2v) is 7.24. The van der Waals surface area contributed by atoms with Crippen molar-refractivity contribution < 1.29 is 14.7 Å². The molecule has 1 unspecified atom stereocenters. The van der Waals surface area contributed by atoms with Crippen LogP contribution in [-0.4, -0.2) is 29.7 Å². The number of amides is 1. The van der Waals surface area contributed by atoms with E-state index in [9.17, 15) is 9.59 Å². The quantitative estimate of drug-likeness (QED) is 0.586. The van der Waals surface area contributed by atoms with E-state index in [-0.39, 0.29) is 24.8 Å². The Bertz CT molecular complexity index is 943. The van der Waals surface area contributed by atoms with Crippen molar-refractivity contribution in [2.24, 2.45) is 4.99 Å². The number of nitrogens with zero attached hydrogens (tertiary/aromatic N) is 1. The Kier molecular flexibility index (Phi) is 8.54. The molecule has 0 saturated carbocycles. The summed E-state index contributed by atoms with van der Waals surface area (Å²) in [6.07, 6.45) is 4.54. The SMILES string of the molecule is CC=N/C(=C\C)C(Cc1ccc(C(=O)NCCC(=O)O)cc1)c1cccc(C)c1C. The molecular formula is C25H30N2O3.